The van der Waals surface area contributed by atoms with Crippen molar-refractivity contribution in [3.63, 3.8) is 0 Å². The maximum Gasteiger partial charge on any atom is 0.325 e. The first-order valence-electron chi connectivity index (χ1n) is 4.72. The van der Waals surface area contributed by atoms with Crippen molar-refractivity contribution in [2.45, 2.75) is 19.9 Å². The van der Waals surface area contributed by atoms with Crippen LogP contribution in [0.4, 0.5) is 0 Å². The van der Waals surface area contributed by atoms with Crippen LogP contribution in [0.15, 0.2) is 6.07 Å². The van der Waals surface area contributed by atoms with Gasteiger partial charge >= 0.3 is 5.97 Å². The molecule has 88 valence electrons. The van der Waals surface area contributed by atoms with E-state index in [0.717, 1.165) is 5.56 Å². The summed E-state index contributed by atoms with van der Waals surface area (Å²) in [4.78, 5) is 10.8. The molecule has 1 rings (SSSR count). The van der Waals surface area contributed by atoms with E-state index in [1.165, 1.54) is 7.11 Å². The highest BCUT2D eigenvalue weighted by molar-refractivity contribution is 6.33. The highest BCUT2D eigenvalue weighted by Crippen LogP contribution is 2.35. The molecule has 0 bridgehead atoms. The van der Waals surface area contributed by atoms with Crippen LogP contribution in [0.1, 0.15) is 22.7 Å². The van der Waals surface area contributed by atoms with Crippen LogP contribution in [0.25, 0.3) is 0 Å². The smallest absolute Gasteiger partial charge is 0.325 e. The van der Waals surface area contributed by atoms with Crippen LogP contribution in [0.3, 0.4) is 0 Å². The van der Waals surface area contributed by atoms with Gasteiger partial charge in [-0.05, 0) is 36.6 Å². The Kier molecular flexibility index (Phi) is 3.78. The Labute approximate surface area is 99.0 Å². The number of methoxy groups -OCH3 is 1. The molecule has 3 N–H and O–H groups in total. The predicted octanol–water partition coefficient (Wildman–Crippen LogP) is 2.05. The van der Waals surface area contributed by atoms with Gasteiger partial charge in [0, 0.05) is 0 Å². The summed E-state index contributed by atoms with van der Waals surface area (Å²) < 4.78 is 5.13. The zero-order chi connectivity index (χ0) is 12.5. The largest absolute Gasteiger partial charge is 0.495 e. The average molecular weight is 244 g/mol. The van der Waals surface area contributed by atoms with Crippen molar-refractivity contribution in [2.75, 3.05) is 7.11 Å². The number of benzene rings is 1. The van der Waals surface area contributed by atoms with Crippen LogP contribution in [-0.2, 0) is 4.79 Å². The Morgan fingerprint density at radius 3 is 2.56 bits per heavy atom. The molecule has 0 saturated carbocycles. The van der Waals surface area contributed by atoms with E-state index in [-0.39, 0.29) is 0 Å². The van der Waals surface area contributed by atoms with Crippen molar-refractivity contribution in [3.8, 4) is 5.75 Å². The SMILES string of the molecule is COc1c(C)cc(C(N)C(=O)O)c(C)c1Cl. The number of rotatable bonds is 3. The highest BCUT2D eigenvalue weighted by Gasteiger charge is 2.21. The molecule has 0 spiro atoms. The molecule has 0 aliphatic heterocycles. The lowest BCUT2D eigenvalue weighted by Gasteiger charge is -2.16. The van der Waals surface area contributed by atoms with E-state index in [1.54, 1.807) is 19.9 Å². The molecule has 0 amide bonds. The molecule has 1 atom stereocenters. The highest BCUT2D eigenvalue weighted by atomic mass is 35.5. The van der Waals surface area contributed by atoms with E-state index in [2.05, 4.69) is 0 Å². The first-order valence-corrected chi connectivity index (χ1v) is 5.10. The fourth-order valence-electron chi connectivity index (χ4n) is 1.58. The molecule has 0 aliphatic rings. The third-order valence-electron chi connectivity index (χ3n) is 2.50. The zero-order valence-electron chi connectivity index (χ0n) is 9.37. The third-order valence-corrected chi connectivity index (χ3v) is 2.95. The van der Waals surface area contributed by atoms with E-state index in [9.17, 15) is 4.79 Å². The molecule has 0 fully saturated rings. The molecule has 4 nitrogen and oxygen atoms in total. The summed E-state index contributed by atoms with van der Waals surface area (Å²) in [6.45, 7) is 3.52. The van der Waals surface area contributed by atoms with Crippen LogP contribution in [0.2, 0.25) is 5.02 Å². The molecule has 5 heteroatoms. The van der Waals surface area contributed by atoms with Crippen molar-refractivity contribution < 1.29 is 14.6 Å². The average Bonchev–Trinajstić information content (AvgIpc) is 2.23. The molecular weight excluding hydrogens is 230 g/mol. The Hall–Kier alpha value is -1.26. The Bertz CT molecular complexity index is 432. The Morgan fingerprint density at radius 1 is 1.56 bits per heavy atom. The van der Waals surface area contributed by atoms with Crippen molar-refractivity contribution >= 4 is 17.6 Å². The van der Waals surface area contributed by atoms with E-state index >= 15 is 0 Å². The molecule has 1 aromatic rings. The van der Waals surface area contributed by atoms with Gasteiger partial charge in [-0.15, -0.1) is 0 Å². The number of aliphatic carboxylic acids is 1. The Morgan fingerprint density at radius 2 is 2.12 bits per heavy atom. The standard InChI is InChI=1S/C11H14ClNO3/c1-5-4-7(9(13)11(14)15)6(2)8(12)10(5)16-3/h4,9H,13H2,1-3H3,(H,14,15). The van der Waals surface area contributed by atoms with Gasteiger partial charge in [-0.3, -0.25) is 4.79 Å². The summed E-state index contributed by atoms with van der Waals surface area (Å²) >= 11 is 6.08. The summed E-state index contributed by atoms with van der Waals surface area (Å²) in [6, 6.07) is 0.626. The number of carboxylic acids is 1. The second-order valence-corrected chi connectivity index (χ2v) is 3.95. The van der Waals surface area contributed by atoms with Crippen molar-refractivity contribution in [1.29, 1.82) is 0 Å². The van der Waals surface area contributed by atoms with Gasteiger partial charge in [0.2, 0.25) is 0 Å². The molecule has 16 heavy (non-hydrogen) atoms. The van der Waals surface area contributed by atoms with Gasteiger partial charge < -0.3 is 15.6 Å². The summed E-state index contributed by atoms with van der Waals surface area (Å²) in [7, 11) is 1.52. The number of ether oxygens (including phenoxy) is 1. The lowest BCUT2D eigenvalue weighted by molar-refractivity contribution is -0.138. The number of carboxylic acid groups (broad SMARTS) is 1. The van der Waals surface area contributed by atoms with Crippen molar-refractivity contribution in [1.82, 2.24) is 0 Å². The Balaban J connectivity index is 3.39. The number of halogens is 1. The first-order chi connectivity index (χ1) is 7.40. The van der Waals surface area contributed by atoms with Gasteiger partial charge in [0.1, 0.15) is 11.8 Å². The molecule has 0 heterocycles. The van der Waals surface area contributed by atoms with Gasteiger partial charge in [0.25, 0.3) is 0 Å². The fraction of sp³-hybridized carbons (Fsp3) is 0.364. The van der Waals surface area contributed by atoms with Crippen molar-refractivity contribution in [3.05, 3.63) is 27.8 Å². The van der Waals surface area contributed by atoms with Crippen LogP contribution in [-0.4, -0.2) is 18.2 Å². The van der Waals surface area contributed by atoms with Gasteiger partial charge in [0.15, 0.2) is 0 Å². The topological polar surface area (TPSA) is 72.5 Å². The number of hydrogen-bond donors (Lipinski definition) is 2. The molecule has 1 unspecified atom stereocenters. The summed E-state index contributed by atoms with van der Waals surface area (Å²) in [5, 5.41) is 9.28. The van der Waals surface area contributed by atoms with Crippen LogP contribution >= 0.6 is 11.6 Å². The summed E-state index contributed by atoms with van der Waals surface area (Å²) in [6.07, 6.45) is 0. The van der Waals surface area contributed by atoms with Crippen LogP contribution in [0.5, 0.6) is 5.75 Å². The fourth-order valence-corrected chi connectivity index (χ4v) is 1.92. The van der Waals surface area contributed by atoms with Crippen LogP contribution in [0, 0.1) is 13.8 Å². The van der Waals surface area contributed by atoms with Gasteiger partial charge in [-0.25, -0.2) is 0 Å². The second-order valence-electron chi connectivity index (χ2n) is 3.57. The lowest BCUT2D eigenvalue weighted by atomic mass is 9.98. The third kappa shape index (κ3) is 2.13. The molecule has 0 radical (unpaired) electrons. The maximum absolute atomic E-state index is 10.8. The lowest BCUT2D eigenvalue weighted by Crippen LogP contribution is -2.22. The number of aryl methyl sites for hydroxylation is 1. The van der Waals surface area contributed by atoms with Gasteiger partial charge in [-0.1, -0.05) is 11.6 Å². The zero-order valence-corrected chi connectivity index (χ0v) is 10.1. The minimum atomic E-state index is -1.08. The van der Waals surface area contributed by atoms with E-state index in [0.29, 0.717) is 21.9 Å². The minimum Gasteiger partial charge on any atom is -0.495 e. The quantitative estimate of drug-likeness (QED) is 0.852. The number of carbonyl (C=O) groups is 1. The molecule has 0 aromatic heterocycles. The van der Waals surface area contributed by atoms with Crippen molar-refractivity contribution in [2.24, 2.45) is 5.73 Å². The monoisotopic (exact) mass is 243 g/mol. The first kappa shape index (κ1) is 12.8. The van der Waals surface area contributed by atoms with E-state index < -0.39 is 12.0 Å². The molecule has 1 aromatic carbocycles. The second kappa shape index (κ2) is 4.72. The normalized spacial score (nSPS) is 12.3. The number of hydrogen-bond acceptors (Lipinski definition) is 3. The summed E-state index contributed by atoms with van der Waals surface area (Å²) in [5.74, 6) is -0.524. The molecule has 0 aliphatic carbocycles. The van der Waals surface area contributed by atoms with Crippen LogP contribution < -0.4 is 10.5 Å². The van der Waals surface area contributed by atoms with E-state index in [1.807, 2.05) is 0 Å². The minimum absolute atomic E-state index is 0.411. The number of nitrogens with two attached hydrogens (primary N) is 1. The maximum atomic E-state index is 10.8. The van der Waals surface area contributed by atoms with Gasteiger partial charge in [0.05, 0.1) is 12.1 Å². The molecule has 0 saturated heterocycles. The summed E-state index contributed by atoms with van der Waals surface area (Å²) in [5.41, 5.74) is 7.49. The molecular formula is C11H14ClNO3. The predicted molar refractivity (Wildman–Crippen MR) is 62.0 cm³/mol. The van der Waals surface area contributed by atoms with Gasteiger partial charge in [-0.2, -0.15) is 0 Å². The van der Waals surface area contributed by atoms with E-state index in [4.69, 9.17) is 27.2 Å².